The van der Waals surface area contributed by atoms with Gasteiger partial charge in [0.1, 0.15) is 11.3 Å². The maximum atomic E-state index is 9.56. The van der Waals surface area contributed by atoms with Gasteiger partial charge in [-0.3, -0.25) is 0 Å². The molecule has 0 aliphatic heterocycles. The van der Waals surface area contributed by atoms with Crippen molar-refractivity contribution in [2.24, 2.45) is 0 Å². The van der Waals surface area contributed by atoms with Gasteiger partial charge in [0, 0.05) is 10.9 Å². The minimum Gasteiger partial charge on any atom is -0.508 e. The fourth-order valence-electron chi connectivity index (χ4n) is 2.24. The Kier molecular flexibility index (Phi) is 1.67. The maximum Gasteiger partial charge on any atom is 0.157 e. The molecule has 0 unspecified atom stereocenters. The molecule has 0 atom stereocenters. The molecule has 0 aliphatic rings. The van der Waals surface area contributed by atoms with Crippen LogP contribution in [-0.4, -0.2) is 20.1 Å². The van der Waals surface area contributed by atoms with Gasteiger partial charge in [-0.15, -0.1) is 0 Å². The molecule has 0 radical (unpaired) electrons. The van der Waals surface area contributed by atoms with Crippen LogP contribution in [0.4, 0.5) is 0 Å². The minimum atomic E-state index is 0.235. The number of benzene rings is 2. The van der Waals surface area contributed by atoms with E-state index in [4.69, 9.17) is 0 Å². The van der Waals surface area contributed by atoms with E-state index >= 15 is 0 Å². The number of nitrogens with zero attached hydrogens (tertiary/aromatic N) is 2. The third-order valence-electron chi connectivity index (χ3n) is 3.08. The standard InChI is InChI=1S/C14H9N3O/c18-8-5-6-10-9(7-8)13-14(16-10)17-12-4-2-1-3-11(12)15-13/h1-7,18H,(H,16,17). The second kappa shape index (κ2) is 3.20. The summed E-state index contributed by atoms with van der Waals surface area (Å²) in [5.41, 5.74) is 4.18. The summed E-state index contributed by atoms with van der Waals surface area (Å²) >= 11 is 0. The smallest absolute Gasteiger partial charge is 0.157 e. The summed E-state index contributed by atoms with van der Waals surface area (Å²) in [5, 5.41) is 10.5. The summed E-state index contributed by atoms with van der Waals surface area (Å²) in [5.74, 6) is 0.235. The van der Waals surface area contributed by atoms with Gasteiger partial charge in [0.15, 0.2) is 5.65 Å². The highest BCUT2D eigenvalue weighted by atomic mass is 16.3. The summed E-state index contributed by atoms with van der Waals surface area (Å²) in [6.45, 7) is 0. The fraction of sp³-hybridized carbons (Fsp3) is 0. The van der Waals surface area contributed by atoms with Gasteiger partial charge >= 0.3 is 0 Å². The van der Waals surface area contributed by atoms with Gasteiger partial charge < -0.3 is 10.1 Å². The van der Waals surface area contributed by atoms with Crippen molar-refractivity contribution in [2.75, 3.05) is 0 Å². The lowest BCUT2D eigenvalue weighted by atomic mass is 10.2. The third kappa shape index (κ3) is 1.20. The van der Waals surface area contributed by atoms with Crippen LogP contribution in [0.5, 0.6) is 5.75 Å². The zero-order valence-electron chi connectivity index (χ0n) is 9.38. The molecule has 0 saturated carbocycles. The average molecular weight is 235 g/mol. The largest absolute Gasteiger partial charge is 0.508 e. The number of aromatic hydroxyl groups is 1. The molecular weight excluding hydrogens is 226 g/mol. The van der Waals surface area contributed by atoms with Crippen molar-refractivity contribution in [3.8, 4) is 5.75 Å². The molecule has 2 N–H and O–H groups in total. The summed E-state index contributed by atoms with van der Waals surface area (Å²) < 4.78 is 0. The van der Waals surface area contributed by atoms with Crippen LogP contribution in [0.1, 0.15) is 0 Å². The van der Waals surface area contributed by atoms with Crippen molar-refractivity contribution in [3.05, 3.63) is 42.5 Å². The Morgan fingerprint density at radius 3 is 2.56 bits per heavy atom. The van der Waals surface area contributed by atoms with E-state index in [1.165, 1.54) is 0 Å². The second-order valence-corrected chi connectivity index (χ2v) is 4.26. The SMILES string of the molecule is Oc1ccc2[nH]c3nc4ccccc4nc3c2c1. The first-order chi connectivity index (χ1) is 8.81. The second-order valence-electron chi connectivity index (χ2n) is 4.26. The van der Waals surface area contributed by atoms with Crippen molar-refractivity contribution < 1.29 is 5.11 Å². The van der Waals surface area contributed by atoms with Gasteiger partial charge in [-0.05, 0) is 30.3 Å². The van der Waals surface area contributed by atoms with Crippen molar-refractivity contribution in [3.63, 3.8) is 0 Å². The molecule has 4 nitrogen and oxygen atoms in total. The van der Waals surface area contributed by atoms with Crippen LogP contribution < -0.4 is 0 Å². The first-order valence-corrected chi connectivity index (χ1v) is 5.68. The number of H-pyrrole nitrogens is 1. The van der Waals surface area contributed by atoms with Crippen LogP contribution in [0.15, 0.2) is 42.5 Å². The van der Waals surface area contributed by atoms with Crippen molar-refractivity contribution >= 4 is 33.1 Å². The van der Waals surface area contributed by atoms with E-state index in [1.54, 1.807) is 12.1 Å². The molecular formula is C14H9N3O. The number of aromatic amines is 1. The molecule has 4 rings (SSSR count). The van der Waals surface area contributed by atoms with E-state index in [0.717, 1.165) is 33.1 Å². The lowest BCUT2D eigenvalue weighted by Gasteiger charge is -1.96. The first kappa shape index (κ1) is 9.41. The number of para-hydroxylation sites is 2. The number of fused-ring (bicyclic) bond motifs is 4. The van der Waals surface area contributed by atoms with Crippen molar-refractivity contribution in [2.45, 2.75) is 0 Å². The first-order valence-electron chi connectivity index (χ1n) is 5.68. The number of hydrogen-bond donors (Lipinski definition) is 2. The van der Waals surface area contributed by atoms with Crippen molar-refractivity contribution in [1.82, 2.24) is 15.0 Å². The molecule has 0 amide bonds. The maximum absolute atomic E-state index is 9.56. The monoisotopic (exact) mass is 235 g/mol. The Hall–Kier alpha value is -2.62. The number of nitrogens with one attached hydrogen (secondary N) is 1. The molecule has 4 aromatic rings. The van der Waals surface area contributed by atoms with Crippen LogP contribution in [-0.2, 0) is 0 Å². The Labute approximate surface area is 102 Å². The van der Waals surface area contributed by atoms with Gasteiger partial charge in [-0.1, -0.05) is 12.1 Å². The molecule has 0 spiro atoms. The van der Waals surface area contributed by atoms with E-state index in [-0.39, 0.29) is 5.75 Å². The van der Waals surface area contributed by atoms with Crippen LogP contribution in [0.3, 0.4) is 0 Å². The highest BCUT2D eigenvalue weighted by Gasteiger charge is 2.08. The molecule has 86 valence electrons. The van der Waals surface area contributed by atoms with Crippen LogP contribution in [0.25, 0.3) is 33.1 Å². The Bertz CT molecular complexity index is 895. The Morgan fingerprint density at radius 1 is 0.944 bits per heavy atom. The quantitative estimate of drug-likeness (QED) is 0.492. The summed E-state index contributed by atoms with van der Waals surface area (Å²) in [6, 6.07) is 12.9. The number of aromatic nitrogens is 3. The lowest BCUT2D eigenvalue weighted by Crippen LogP contribution is -1.84. The zero-order valence-corrected chi connectivity index (χ0v) is 9.38. The Balaban J connectivity index is 2.25. The summed E-state index contributed by atoms with van der Waals surface area (Å²) in [7, 11) is 0. The number of hydrogen-bond acceptors (Lipinski definition) is 3. The van der Waals surface area contributed by atoms with Crippen LogP contribution in [0, 0.1) is 0 Å². The molecule has 0 fully saturated rings. The van der Waals surface area contributed by atoms with Gasteiger partial charge in [-0.2, -0.15) is 0 Å². The summed E-state index contributed by atoms with van der Waals surface area (Å²) in [6.07, 6.45) is 0. The third-order valence-corrected chi connectivity index (χ3v) is 3.08. The molecule has 18 heavy (non-hydrogen) atoms. The van der Waals surface area contributed by atoms with E-state index in [2.05, 4.69) is 15.0 Å². The molecule has 4 heteroatoms. The van der Waals surface area contributed by atoms with Gasteiger partial charge in [-0.25, -0.2) is 9.97 Å². The predicted octanol–water partition coefficient (Wildman–Crippen LogP) is 2.97. The van der Waals surface area contributed by atoms with Gasteiger partial charge in [0.05, 0.1) is 11.0 Å². The zero-order chi connectivity index (χ0) is 12.1. The molecule has 0 aliphatic carbocycles. The van der Waals surface area contributed by atoms with Crippen LogP contribution in [0.2, 0.25) is 0 Å². The molecule has 0 bridgehead atoms. The summed E-state index contributed by atoms with van der Waals surface area (Å²) in [4.78, 5) is 12.4. The van der Waals surface area contributed by atoms with Crippen molar-refractivity contribution in [1.29, 1.82) is 0 Å². The molecule has 2 heterocycles. The predicted molar refractivity (Wildman–Crippen MR) is 70.6 cm³/mol. The number of phenols is 1. The van der Waals surface area contributed by atoms with E-state index in [9.17, 15) is 5.11 Å². The number of rotatable bonds is 0. The fourth-order valence-corrected chi connectivity index (χ4v) is 2.24. The van der Waals surface area contributed by atoms with E-state index in [1.807, 2.05) is 30.3 Å². The van der Waals surface area contributed by atoms with Crippen LogP contribution >= 0.6 is 0 Å². The Morgan fingerprint density at radius 2 is 1.72 bits per heavy atom. The van der Waals surface area contributed by atoms with Gasteiger partial charge in [0.2, 0.25) is 0 Å². The van der Waals surface area contributed by atoms with E-state index < -0.39 is 0 Å². The average Bonchev–Trinajstić information content (AvgIpc) is 2.73. The van der Waals surface area contributed by atoms with Gasteiger partial charge in [0.25, 0.3) is 0 Å². The number of phenolic OH excluding ortho intramolecular Hbond substituents is 1. The normalized spacial score (nSPS) is 11.6. The van der Waals surface area contributed by atoms with E-state index in [0.29, 0.717) is 0 Å². The molecule has 2 aromatic carbocycles. The lowest BCUT2D eigenvalue weighted by molar-refractivity contribution is 0.476. The topological polar surface area (TPSA) is 61.8 Å². The molecule has 0 saturated heterocycles. The highest BCUT2D eigenvalue weighted by molar-refractivity contribution is 6.06. The molecule has 2 aromatic heterocycles. The highest BCUT2D eigenvalue weighted by Crippen LogP contribution is 2.27. The minimum absolute atomic E-state index is 0.235.